The zero-order valence-electron chi connectivity index (χ0n) is 17.6. The zero-order valence-corrected chi connectivity index (χ0v) is 18.4. The van der Waals surface area contributed by atoms with Crippen LogP contribution >= 0.6 is 11.3 Å². The van der Waals surface area contributed by atoms with Crippen molar-refractivity contribution in [2.24, 2.45) is 0 Å². The van der Waals surface area contributed by atoms with Gasteiger partial charge in [-0.2, -0.15) is 0 Å². The molecule has 3 aromatic rings. The van der Waals surface area contributed by atoms with E-state index in [4.69, 9.17) is 18.9 Å². The van der Waals surface area contributed by atoms with E-state index in [9.17, 15) is 9.59 Å². The second-order valence-corrected chi connectivity index (χ2v) is 7.71. The number of esters is 1. The van der Waals surface area contributed by atoms with Crippen LogP contribution < -0.4 is 9.64 Å². The number of aryl methyl sites for hydroxylation is 1. The van der Waals surface area contributed by atoms with Crippen molar-refractivity contribution < 1.29 is 28.5 Å². The number of fused-ring (bicyclic) bond motifs is 1. The second-order valence-electron chi connectivity index (χ2n) is 6.60. The lowest BCUT2D eigenvalue weighted by atomic mass is 10.2. The molecular formula is C22H24N2O6S. The van der Waals surface area contributed by atoms with Crippen molar-refractivity contribution in [3.63, 3.8) is 0 Å². The summed E-state index contributed by atoms with van der Waals surface area (Å²) < 4.78 is 21.8. The van der Waals surface area contributed by atoms with Gasteiger partial charge < -0.3 is 18.9 Å². The number of carbonyl (C=O) groups excluding carboxylic acids is 2. The van der Waals surface area contributed by atoms with Gasteiger partial charge in [-0.25, -0.2) is 14.7 Å². The fourth-order valence-corrected chi connectivity index (χ4v) is 3.75. The first-order valence-corrected chi connectivity index (χ1v) is 10.4. The van der Waals surface area contributed by atoms with E-state index in [2.05, 4.69) is 4.98 Å². The average molecular weight is 445 g/mol. The highest BCUT2D eigenvalue weighted by Gasteiger charge is 2.20. The molecular weight excluding hydrogens is 420 g/mol. The first-order valence-electron chi connectivity index (χ1n) is 9.59. The lowest BCUT2D eigenvalue weighted by Crippen LogP contribution is -2.34. The van der Waals surface area contributed by atoms with Crippen LogP contribution in [-0.2, 0) is 25.6 Å². The van der Waals surface area contributed by atoms with Gasteiger partial charge in [-0.05, 0) is 42.8 Å². The van der Waals surface area contributed by atoms with E-state index in [0.717, 1.165) is 20.8 Å². The van der Waals surface area contributed by atoms with E-state index >= 15 is 0 Å². The number of hydrogen-bond donors (Lipinski definition) is 0. The number of amides is 1. The van der Waals surface area contributed by atoms with Gasteiger partial charge in [0.25, 0.3) is 0 Å². The minimum atomic E-state index is -0.634. The van der Waals surface area contributed by atoms with Crippen LogP contribution in [0.25, 0.3) is 10.2 Å². The Bertz CT molecular complexity index is 1020. The quantitative estimate of drug-likeness (QED) is 0.359. The van der Waals surface area contributed by atoms with Crippen LogP contribution in [0.5, 0.6) is 5.75 Å². The molecule has 0 spiro atoms. The van der Waals surface area contributed by atoms with Gasteiger partial charge in [0, 0.05) is 7.11 Å². The van der Waals surface area contributed by atoms with Crippen molar-refractivity contribution in [3.05, 3.63) is 53.0 Å². The SMILES string of the molecule is COCCC(=O)OCN(C(=O)OC)c1ccc(OCc2nc3ccccc3s2)cc1C. The van der Waals surface area contributed by atoms with Gasteiger partial charge in [-0.15, -0.1) is 11.3 Å². The van der Waals surface area contributed by atoms with Crippen LogP contribution in [0.3, 0.4) is 0 Å². The Morgan fingerprint density at radius 1 is 1.13 bits per heavy atom. The van der Waals surface area contributed by atoms with Gasteiger partial charge in [0.1, 0.15) is 17.4 Å². The summed E-state index contributed by atoms with van der Waals surface area (Å²) in [6.45, 7) is 2.16. The van der Waals surface area contributed by atoms with Crippen LogP contribution in [0.2, 0.25) is 0 Å². The summed E-state index contributed by atoms with van der Waals surface area (Å²) in [4.78, 5) is 29.8. The molecule has 0 bridgehead atoms. The van der Waals surface area contributed by atoms with Gasteiger partial charge >= 0.3 is 12.1 Å². The molecule has 0 radical (unpaired) electrons. The minimum Gasteiger partial charge on any atom is -0.486 e. The molecule has 8 nitrogen and oxygen atoms in total. The van der Waals surface area contributed by atoms with Crippen molar-refractivity contribution in [1.82, 2.24) is 4.98 Å². The Kier molecular flexibility index (Phi) is 7.80. The maximum Gasteiger partial charge on any atom is 0.416 e. The van der Waals surface area contributed by atoms with Gasteiger partial charge in [0.15, 0.2) is 6.73 Å². The third kappa shape index (κ3) is 5.93. The van der Waals surface area contributed by atoms with E-state index in [1.807, 2.05) is 37.3 Å². The van der Waals surface area contributed by atoms with Gasteiger partial charge in [-0.3, -0.25) is 4.79 Å². The molecule has 2 aromatic carbocycles. The number of ether oxygens (including phenoxy) is 4. The van der Waals surface area contributed by atoms with Gasteiger partial charge in [-0.1, -0.05) is 12.1 Å². The van der Waals surface area contributed by atoms with E-state index in [1.54, 1.807) is 23.5 Å². The fourth-order valence-electron chi connectivity index (χ4n) is 2.87. The maximum atomic E-state index is 12.2. The summed E-state index contributed by atoms with van der Waals surface area (Å²) in [6.07, 6.45) is -0.533. The second kappa shape index (κ2) is 10.7. The standard InChI is InChI=1S/C22H24N2O6S/c1-15-12-16(29-13-20-23-17-6-4-5-7-19(17)31-20)8-9-18(15)24(22(26)28-3)14-30-21(25)10-11-27-2/h4-9,12H,10-11,13-14H2,1-3H3. The van der Waals surface area contributed by atoms with Crippen molar-refractivity contribution in [2.45, 2.75) is 20.0 Å². The van der Waals surface area contributed by atoms with Crippen LogP contribution in [-0.4, -0.2) is 44.6 Å². The topological polar surface area (TPSA) is 87.2 Å². The summed E-state index contributed by atoms with van der Waals surface area (Å²) in [5.74, 6) is 0.173. The maximum absolute atomic E-state index is 12.2. The first kappa shape index (κ1) is 22.5. The minimum absolute atomic E-state index is 0.100. The number of benzene rings is 2. The number of para-hydroxylation sites is 1. The van der Waals surface area contributed by atoms with Crippen LogP contribution in [0.4, 0.5) is 10.5 Å². The van der Waals surface area contributed by atoms with Crippen LogP contribution in [0, 0.1) is 6.92 Å². The molecule has 0 aliphatic heterocycles. The van der Waals surface area contributed by atoms with E-state index in [0.29, 0.717) is 18.0 Å². The lowest BCUT2D eigenvalue weighted by Gasteiger charge is -2.23. The smallest absolute Gasteiger partial charge is 0.416 e. The van der Waals surface area contributed by atoms with E-state index < -0.39 is 12.1 Å². The number of aromatic nitrogens is 1. The number of thiazole rings is 1. The summed E-state index contributed by atoms with van der Waals surface area (Å²) in [5, 5.41) is 0.877. The molecule has 0 unspecified atom stereocenters. The molecule has 1 amide bonds. The summed E-state index contributed by atoms with van der Waals surface area (Å²) in [6, 6.07) is 13.2. The molecule has 0 saturated heterocycles. The molecule has 0 fully saturated rings. The van der Waals surface area contributed by atoms with Crippen molar-refractivity contribution in [1.29, 1.82) is 0 Å². The molecule has 1 aromatic heterocycles. The van der Waals surface area contributed by atoms with Crippen LogP contribution in [0.1, 0.15) is 17.0 Å². The highest BCUT2D eigenvalue weighted by Crippen LogP contribution is 2.27. The number of hydrogen-bond acceptors (Lipinski definition) is 8. The number of methoxy groups -OCH3 is 2. The number of nitrogens with zero attached hydrogens (tertiary/aromatic N) is 2. The molecule has 0 aliphatic rings. The Hall–Kier alpha value is -3.17. The van der Waals surface area contributed by atoms with Gasteiger partial charge in [0.2, 0.25) is 0 Å². The van der Waals surface area contributed by atoms with Gasteiger partial charge in [0.05, 0.1) is 36.0 Å². The molecule has 1 heterocycles. The molecule has 0 saturated carbocycles. The number of anilines is 1. The summed E-state index contributed by atoms with van der Waals surface area (Å²) in [5.41, 5.74) is 2.27. The van der Waals surface area contributed by atoms with Crippen molar-refractivity contribution in [3.8, 4) is 5.75 Å². The Balaban J connectivity index is 1.67. The molecule has 3 rings (SSSR count). The fraction of sp³-hybridized carbons (Fsp3) is 0.318. The molecule has 0 N–H and O–H groups in total. The van der Waals surface area contributed by atoms with E-state index in [-0.39, 0.29) is 19.8 Å². The first-order chi connectivity index (χ1) is 15.0. The summed E-state index contributed by atoms with van der Waals surface area (Å²) in [7, 11) is 2.77. The third-order valence-corrected chi connectivity index (χ3v) is 5.43. The molecule has 9 heteroatoms. The summed E-state index contributed by atoms with van der Waals surface area (Å²) >= 11 is 1.59. The Morgan fingerprint density at radius 2 is 1.94 bits per heavy atom. The highest BCUT2D eigenvalue weighted by molar-refractivity contribution is 7.18. The third-order valence-electron chi connectivity index (χ3n) is 4.42. The predicted octanol–water partition coefficient (Wildman–Crippen LogP) is 4.29. The lowest BCUT2D eigenvalue weighted by molar-refractivity contribution is -0.144. The number of carbonyl (C=O) groups is 2. The Labute approximate surface area is 184 Å². The number of rotatable bonds is 9. The van der Waals surface area contributed by atoms with Crippen molar-refractivity contribution >= 4 is 39.3 Å². The predicted molar refractivity (Wildman–Crippen MR) is 117 cm³/mol. The average Bonchev–Trinajstić information content (AvgIpc) is 3.20. The molecule has 31 heavy (non-hydrogen) atoms. The van der Waals surface area contributed by atoms with E-state index in [1.165, 1.54) is 19.1 Å². The Morgan fingerprint density at radius 3 is 2.65 bits per heavy atom. The molecule has 164 valence electrons. The highest BCUT2D eigenvalue weighted by atomic mass is 32.1. The largest absolute Gasteiger partial charge is 0.486 e. The molecule has 0 aliphatic carbocycles. The molecule has 0 atom stereocenters. The van der Waals surface area contributed by atoms with Crippen molar-refractivity contribution in [2.75, 3.05) is 32.5 Å². The monoisotopic (exact) mass is 444 g/mol. The zero-order chi connectivity index (χ0) is 22.2. The van der Waals surface area contributed by atoms with Crippen LogP contribution in [0.15, 0.2) is 42.5 Å². The normalized spacial score (nSPS) is 10.7.